The summed E-state index contributed by atoms with van der Waals surface area (Å²) in [5.41, 5.74) is 2.63. The summed E-state index contributed by atoms with van der Waals surface area (Å²) in [6.45, 7) is 7.98. The van der Waals surface area contributed by atoms with Crippen LogP contribution in [0, 0.1) is 0 Å². The van der Waals surface area contributed by atoms with Crippen LogP contribution in [0.25, 0.3) is 22.3 Å². The van der Waals surface area contributed by atoms with E-state index in [1.807, 2.05) is 70.4 Å². The zero-order chi connectivity index (χ0) is 26.3. The number of pyridine rings is 1. The molecule has 0 radical (unpaired) electrons. The summed E-state index contributed by atoms with van der Waals surface area (Å²) >= 11 is 3.83. The minimum Gasteiger partial charge on any atom is -0.444 e. The largest absolute Gasteiger partial charge is 0.444 e. The lowest BCUT2D eigenvalue weighted by atomic mass is 10.2. The Labute approximate surface area is 226 Å². The summed E-state index contributed by atoms with van der Waals surface area (Å²) < 4.78 is 23.8. The van der Waals surface area contributed by atoms with Crippen LogP contribution in [-0.2, 0) is 22.8 Å². The predicted molar refractivity (Wildman–Crippen MR) is 148 cm³/mol. The van der Waals surface area contributed by atoms with E-state index in [-0.39, 0.29) is 6.09 Å². The normalized spacial score (nSPS) is 15.3. The number of rotatable bonds is 4. The van der Waals surface area contributed by atoms with Crippen molar-refractivity contribution in [1.82, 2.24) is 23.6 Å². The Bertz CT molecular complexity index is 1470. The number of carbonyl (C=O) groups excluding carboxylic acids is 1. The smallest absolute Gasteiger partial charge is 0.410 e. The molecule has 37 heavy (non-hydrogen) atoms. The molecule has 5 rings (SSSR count). The number of hydrogen-bond acceptors (Lipinski definition) is 6. The predicted octanol–water partition coefficient (Wildman–Crippen LogP) is 4.83. The number of aromatic nitrogens is 4. The van der Waals surface area contributed by atoms with Crippen molar-refractivity contribution in [3.63, 3.8) is 0 Å². The Morgan fingerprint density at radius 3 is 2.41 bits per heavy atom. The first-order valence-corrected chi connectivity index (χ1v) is 13.9. The van der Waals surface area contributed by atoms with Crippen LogP contribution in [0.1, 0.15) is 20.8 Å². The third-order valence-corrected chi connectivity index (χ3v) is 8.23. The molecule has 0 aliphatic carbocycles. The number of piperazine rings is 1. The number of nitrogens with zero attached hydrogens (tertiary/aromatic N) is 6. The summed E-state index contributed by atoms with van der Waals surface area (Å²) in [6.07, 6.45) is 5.11. The fraction of sp³-hybridized carbons (Fsp3) is 0.346. The molecule has 4 aromatic rings. The van der Waals surface area contributed by atoms with E-state index in [1.165, 1.54) is 0 Å². The minimum atomic E-state index is -1.54. The van der Waals surface area contributed by atoms with Gasteiger partial charge in [0.1, 0.15) is 5.60 Å². The molecule has 1 aliphatic heterocycles. The van der Waals surface area contributed by atoms with E-state index < -0.39 is 16.6 Å². The molecule has 1 unspecified atom stereocenters. The van der Waals surface area contributed by atoms with Crippen molar-refractivity contribution in [2.24, 2.45) is 7.05 Å². The fourth-order valence-corrected chi connectivity index (χ4v) is 6.59. The van der Waals surface area contributed by atoms with Gasteiger partial charge in [0.05, 0.1) is 32.3 Å². The van der Waals surface area contributed by atoms with Gasteiger partial charge in [0.25, 0.3) is 0 Å². The van der Waals surface area contributed by atoms with E-state index >= 15 is 0 Å². The second-order valence-corrected chi connectivity index (χ2v) is 12.0. The molecule has 11 heteroatoms. The highest BCUT2D eigenvalue weighted by molar-refractivity contribution is 9.10. The molecule has 3 aromatic heterocycles. The van der Waals surface area contributed by atoms with E-state index in [1.54, 1.807) is 25.9 Å². The molecule has 194 valence electrons. The zero-order valence-electron chi connectivity index (χ0n) is 21.2. The van der Waals surface area contributed by atoms with Crippen molar-refractivity contribution in [3.05, 3.63) is 59.5 Å². The topological polar surface area (TPSA) is 85.5 Å². The second-order valence-electron chi connectivity index (χ2n) is 9.90. The number of carbonyl (C=O) groups is 1. The molecule has 4 heterocycles. The van der Waals surface area contributed by atoms with Gasteiger partial charge in [0, 0.05) is 51.2 Å². The number of amides is 1. The van der Waals surface area contributed by atoms with Crippen LogP contribution < -0.4 is 4.90 Å². The first-order valence-electron chi connectivity index (χ1n) is 12.0. The van der Waals surface area contributed by atoms with Gasteiger partial charge in [0.15, 0.2) is 16.6 Å². The number of benzene rings is 1. The zero-order valence-corrected chi connectivity index (χ0v) is 23.6. The van der Waals surface area contributed by atoms with Crippen LogP contribution in [0.5, 0.6) is 0 Å². The third kappa shape index (κ3) is 5.02. The Kier molecular flexibility index (Phi) is 6.84. The standard InChI is InChI=1S/C26H29BrN6O3S/c1-26(2,3)36-25(34)32-14-12-31(13-15-32)20-10-11-28-24-21(20)22(27)23(18-16-29-30(4)17-18)33(24)37(35)19-8-6-5-7-9-19/h5-11,16-17H,12-15H2,1-4H3. The first kappa shape index (κ1) is 25.5. The van der Waals surface area contributed by atoms with Gasteiger partial charge in [0.2, 0.25) is 0 Å². The summed E-state index contributed by atoms with van der Waals surface area (Å²) in [5, 5.41) is 5.21. The van der Waals surface area contributed by atoms with E-state index in [4.69, 9.17) is 4.74 Å². The maximum absolute atomic E-state index is 13.9. The Hall–Kier alpha value is -3.18. The first-order chi connectivity index (χ1) is 17.6. The van der Waals surface area contributed by atoms with Crippen LogP contribution >= 0.6 is 15.9 Å². The van der Waals surface area contributed by atoms with E-state index in [0.717, 1.165) is 26.8 Å². The molecule has 0 N–H and O–H groups in total. The molecule has 1 aliphatic rings. The van der Waals surface area contributed by atoms with Gasteiger partial charge in [-0.3, -0.25) is 4.68 Å². The van der Waals surface area contributed by atoms with Gasteiger partial charge in [-0.25, -0.2) is 18.0 Å². The number of ether oxygens (including phenoxy) is 1. The lowest BCUT2D eigenvalue weighted by Gasteiger charge is -2.37. The molecule has 9 nitrogen and oxygen atoms in total. The minimum absolute atomic E-state index is 0.295. The number of aryl methyl sites for hydroxylation is 1. The number of fused-ring (bicyclic) bond motifs is 1. The molecule has 0 saturated carbocycles. The highest BCUT2D eigenvalue weighted by Crippen LogP contribution is 2.42. The van der Waals surface area contributed by atoms with Crippen molar-refractivity contribution in [1.29, 1.82) is 0 Å². The molecule has 1 saturated heterocycles. The van der Waals surface area contributed by atoms with Gasteiger partial charge >= 0.3 is 6.09 Å². The summed E-state index contributed by atoms with van der Waals surface area (Å²) in [5.74, 6) is 0. The van der Waals surface area contributed by atoms with E-state index in [0.29, 0.717) is 36.7 Å². The van der Waals surface area contributed by atoms with E-state index in [2.05, 4.69) is 30.9 Å². The monoisotopic (exact) mass is 584 g/mol. The summed E-state index contributed by atoms with van der Waals surface area (Å²) in [7, 11) is 0.314. The molecule has 0 spiro atoms. The molecule has 1 aromatic carbocycles. The maximum Gasteiger partial charge on any atom is 0.410 e. The number of halogens is 1. The van der Waals surface area contributed by atoms with Crippen molar-refractivity contribution in [3.8, 4) is 11.3 Å². The molecular weight excluding hydrogens is 556 g/mol. The third-order valence-electron chi connectivity index (χ3n) is 6.09. The molecule has 1 amide bonds. The quantitative estimate of drug-likeness (QED) is 0.341. The highest BCUT2D eigenvalue weighted by atomic mass is 79.9. The number of anilines is 1. The van der Waals surface area contributed by atoms with Gasteiger partial charge in [-0.1, -0.05) is 18.2 Å². The SMILES string of the molecule is Cn1cc(-c2c(Br)c3c(N4CCN(C(=O)OC(C)(C)C)CC4)ccnc3n2S(=O)c2ccccc2)cn1. The fourth-order valence-electron chi connectivity index (χ4n) is 4.43. The van der Waals surface area contributed by atoms with Crippen molar-refractivity contribution >= 4 is 49.7 Å². The average molecular weight is 586 g/mol. The average Bonchev–Trinajstić information content (AvgIpc) is 3.43. The lowest BCUT2D eigenvalue weighted by molar-refractivity contribution is 0.0240. The van der Waals surface area contributed by atoms with Gasteiger partial charge in [-0.05, 0) is 54.9 Å². The highest BCUT2D eigenvalue weighted by Gasteiger charge is 2.30. The van der Waals surface area contributed by atoms with Crippen molar-refractivity contribution in [2.75, 3.05) is 31.1 Å². The summed E-state index contributed by atoms with van der Waals surface area (Å²) in [6, 6.07) is 11.3. The van der Waals surface area contributed by atoms with Crippen LogP contribution in [0.2, 0.25) is 0 Å². The Morgan fingerprint density at radius 2 is 1.78 bits per heavy atom. The summed E-state index contributed by atoms with van der Waals surface area (Å²) in [4.78, 5) is 21.9. The van der Waals surface area contributed by atoms with Crippen LogP contribution in [0.3, 0.4) is 0 Å². The molecular formula is C26H29BrN6O3S. The van der Waals surface area contributed by atoms with E-state index in [9.17, 15) is 9.00 Å². The Morgan fingerprint density at radius 1 is 1.08 bits per heavy atom. The van der Waals surface area contributed by atoms with Gasteiger partial charge < -0.3 is 14.5 Å². The van der Waals surface area contributed by atoms with Crippen molar-refractivity contribution in [2.45, 2.75) is 31.3 Å². The lowest BCUT2D eigenvalue weighted by Crippen LogP contribution is -2.50. The van der Waals surface area contributed by atoms with Gasteiger partial charge in [-0.15, -0.1) is 0 Å². The van der Waals surface area contributed by atoms with Crippen molar-refractivity contribution < 1.29 is 13.7 Å². The van der Waals surface area contributed by atoms with Crippen LogP contribution in [0.4, 0.5) is 10.5 Å². The number of hydrogen-bond donors (Lipinski definition) is 0. The second kappa shape index (κ2) is 9.94. The maximum atomic E-state index is 13.9. The molecule has 1 atom stereocenters. The molecule has 0 bridgehead atoms. The molecule has 1 fully saturated rings. The van der Waals surface area contributed by atoms with Crippen LogP contribution in [-0.4, -0.2) is 65.7 Å². The van der Waals surface area contributed by atoms with Gasteiger partial charge in [-0.2, -0.15) is 5.10 Å². The Balaban J connectivity index is 1.56. The van der Waals surface area contributed by atoms with Crippen LogP contribution in [0.15, 0.2) is 64.4 Å².